The molecule has 3 aromatic rings. The number of rotatable bonds is 7. The second kappa shape index (κ2) is 8.93. The number of carbonyl (C=O) groups is 1. The van der Waals surface area contributed by atoms with Gasteiger partial charge in [0.1, 0.15) is 11.1 Å². The Morgan fingerprint density at radius 3 is 2.54 bits per heavy atom. The number of benzene rings is 1. The third-order valence-electron chi connectivity index (χ3n) is 3.79. The van der Waals surface area contributed by atoms with Gasteiger partial charge in [0, 0.05) is 18.2 Å². The molecule has 0 atom stereocenters. The van der Waals surface area contributed by atoms with E-state index in [1.54, 1.807) is 12.3 Å². The lowest BCUT2D eigenvalue weighted by atomic mass is 10.1. The first-order valence-corrected chi connectivity index (χ1v) is 9.30. The smallest absolute Gasteiger partial charge is 0.162 e. The van der Waals surface area contributed by atoms with Crippen LogP contribution < -0.4 is 0 Å². The van der Waals surface area contributed by atoms with Gasteiger partial charge >= 0.3 is 0 Å². The van der Waals surface area contributed by atoms with E-state index in [0.717, 1.165) is 29.1 Å². The third kappa shape index (κ3) is 4.56. The molecule has 4 nitrogen and oxygen atoms in total. The van der Waals surface area contributed by atoms with E-state index in [4.69, 9.17) is 0 Å². The standard InChI is InChI=1S/C21H17N3OS/c22-15-17-11-12-19(18-9-4-5-13-23-18)24-21(17)26-14-6-10-20(25)16-7-2-1-3-8-16/h1-5,7-9,11-13H,6,10,14H2. The summed E-state index contributed by atoms with van der Waals surface area (Å²) in [5.41, 5.74) is 2.81. The summed E-state index contributed by atoms with van der Waals surface area (Å²) in [6, 6.07) is 20.7. The Balaban J connectivity index is 1.62. The highest BCUT2D eigenvalue weighted by Gasteiger charge is 2.10. The van der Waals surface area contributed by atoms with Gasteiger partial charge < -0.3 is 0 Å². The van der Waals surface area contributed by atoms with E-state index in [0.29, 0.717) is 17.0 Å². The van der Waals surface area contributed by atoms with Crippen LogP contribution in [-0.2, 0) is 0 Å². The first kappa shape index (κ1) is 17.8. The van der Waals surface area contributed by atoms with Crippen LogP contribution in [0.5, 0.6) is 0 Å². The summed E-state index contributed by atoms with van der Waals surface area (Å²) in [5, 5.41) is 9.98. The number of aromatic nitrogens is 2. The van der Waals surface area contributed by atoms with Crippen molar-refractivity contribution in [3.05, 3.63) is 78.0 Å². The van der Waals surface area contributed by atoms with Crippen molar-refractivity contribution >= 4 is 17.5 Å². The number of carbonyl (C=O) groups excluding carboxylic acids is 1. The van der Waals surface area contributed by atoms with Crippen LogP contribution in [0.15, 0.2) is 71.9 Å². The average molecular weight is 359 g/mol. The minimum atomic E-state index is 0.141. The lowest BCUT2D eigenvalue weighted by molar-refractivity contribution is 0.0982. The van der Waals surface area contributed by atoms with Gasteiger partial charge in [-0.2, -0.15) is 5.26 Å². The molecule has 0 aliphatic carbocycles. The molecule has 0 amide bonds. The van der Waals surface area contributed by atoms with Gasteiger partial charge in [0.15, 0.2) is 5.78 Å². The van der Waals surface area contributed by atoms with Crippen molar-refractivity contribution in [2.45, 2.75) is 17.9 Å². The highest BCUT2D eigenvalue weighted by Crippen LogP contribution is 2.25. The molecule has 2 heterocycles. The van der Waals surface area contributed by atoms with Gasteiger partial charge in [-0.3, -0.25) is 9.78 Å². The average Bonchev–Trinajstić information content (AvgIpc) is 2.72. The molecule has 1 aromatic carbocycles. The van der Waals surface area contributed by atoms with E-state index >= 15 is 0 Å². The Bertz CT molecular complexity index is 921. The summed E-state index contributed by atoms with van der Waals surface area (Å²) in [7, 11) is 0. The molecule has 0 saturated carbocycles. The van der Waals surface area contributed by atoms with Crippen LogP contribution in [0.4, 0.5) is 0 Å². The van der Waals surface area contributed by atoms with Crippen LogP contribution in [0.3, 0.4) is 0 Å². The lowest BCUT2D eigenvalue weighted by Gasteiger charge is -2.06. The zero-order chi connectivity index (χ0) is 18.2. The number of ketones is 1. The summed E-state index contributed by atoms with van der Waals surface area (Å²) >= 11 is 1.50. The molecule has 0 aliphatic rings. The Hall–Kier alpha value is -2.97. The van der Waals surface area contributed by atoms with E-state index in [1.807, 2.05) is 54.6 Å². The van der Waals surface area contributed by atoms with Crippen molar-refractivity contribution < 1.29 is 4.79 Å². The van der Waals surface area contributed by atoms with Crippen LogP contribution in [0.1, 0.15) is 28.8 Å². The van der Waals surface area contributed by atoms with Crippen molar-refractivity contribution in [1.82, 2.24) is 9.97 Å². The topological polar surface area (TPSA) is 66.6 Å². The van der Waals surface area contributed by atoms with Gasteiger partial charge in [0.05, 0.1) is 17.0 Å². The van der Waals surface area contributed by atoms with E-state index in [-0.39, 0.29) is 5.78 Å². The maximum atomic E-state index is 12.1. The SMILES string of the molecule is N#Cc1ccc(-c2ccccn2)nc1SCCCC(=O)c1ccccc1. The summed E-state index contributed by atoms with van der Waals surface area (Å²) in [5.74, 6) is 0.869. The Labute approximate surface area is 156 Å². The van der Waals surface area contributed by atoms with Gasteiger partial charge in [-0.15, -0.1) is 11.8 Å². The molecule has 5 heteroatoms. The quantitative estimate of drug-likeness (QED) is 0.345. The van der Waals surface area contributed by atoms with Gasteiger partial charge in [0.2, 0.25) is 0 Å². The first-order chi connectivity index (χ1) is 12.8. The van der Waals surface area contributed by atoms with Gasteiger partial charge in [-0.05, 0) is 36.4 Å². The maximum absolute atomic E-state index is 12.1. The van der Waals surface area contributed by atoms with Crippen LogP contribution in [0.25, 0.3) is 11.4 Å². The first-order valence-electron chi connectivity index (χ1n) is 8.31. The van der Waals surface area contributed by atoms with Crippen LogP contribution in [-0.4, -0.2) is 21.5 Å². The van der Waals surface area contributed by atoms with Gasteiger partial charge in [0.25, 0.3) is 0 Å². The molecule has 0 bridgehead atoms. The highest BCUT2D eigenvalue weighted by molar-refractivity contribution is 7.99. The molecule has 0 aliphatic heterocycles. The number of thioether (sulfide) groups is 1. The predicted molar refractivity (Wildman–Crippen MR) is 103 cm³/mol. The van der Waals surface area contributed by atoms with Crippen LogP contribution in [0, 0.1) is 11.3 Å². The second-order valence-electron chi connectivity index (χ2n) is 5.62. The molecule has 128 valence electrons. The van der Waals surface area contributed by atoms with E-state index in [9.17, 15) is 10.1 Å². The van der Waals surface area contributed by atoms with Gasteiger partial charge in [-0.1, -0.05) is 36.4 Å². The molecule has 0 N–H and O–H groups in total. The zero-order valence-electron chi connectivity index (χ0n) is 14.1. The Morgan fingerprint density at radius 2 is 1.81 bits per heavy atom. The van der Waals surface area contributed by atoms with E-state index in [1.165, 1.54) is 11.8 Å². The lowest BCUT2D eigenvalue weighted by Crippen LogP contribution is -1.99. The summed E-state index contributed by atoms with van der Waals surface area (Å²) in [6.07, 6.45) is 2.94. The van der Waals surface area contributed by atoms with E-state index < -0.39 is 0 Å². The summed E-state index contributed by atoms with van der Waals surface area (Å²) in [6.45, 7) is 0. The monoisotopic (exact) mass is 359 g/mol. The molecule has 2 aromatic heterocycles. The van der Waals surface area contributed by atoms with E-state index in [2.05, 4.69) is 16.0 Å². The normalized spacial score (nSPS) is 10.3. The minimum absolute atomic E-state index is 0.141. The number of nitrogens with zero attached hydrogens (tertiary/aromatic N) is 3. The second-order valence-corrected chi connectivity index (χ2v) is 6.70. The molecule has 0 saturated heterocycles. The fourth-order valence-corrected chi connectivity index (χ4v) is 3.38. The molecule has 0 spiro atoms. The molecule has 0 radical (unpaired) electrons. The highest BCUT2D eigenvalue weighted by atomic mass is 32.2. The van der Waals surface area contributed by atoms with Crippen molar-refractivity contribution in [1.29, 1.82) is 5.26 Å². The fraction of sp³-hybridized carbons (Fsp3) is 0.143. The van der Waals surface area contributed by atoms with Gasteiger partial charge in [-0.25, -0.2) is 4.98 Å². The van der Waals surface area contributed by atoms with Crippen molar-refractivity contribution in [2.24, 2.45) is 0 Å². The third-order valence-corrected chi connectivity index (χ3v) is 4.87. The van der Waals surface area contributed by atoms with Crippen LogP contribution >= 0.6 is 11.8 Å². The molecule has 0 unspecified atom stereocenters. The Kier molecular flexibility index (Phi) is 6.13. The van der Waals surface area contributed by atoms with Crippen molar-refractivity contribution in [3.8, 4) is 17.5 Å². The number of hydrogen-bond donors (Lipinski definition) is 0. The number of pyridine rings is 2. The zero-order valence-corrected chi connectivity index (χ0v) is 14.9. The Morgan fingerprint density at radius 1 is 1.00 bits per heavy atom. The number of nitriles is 1. The largest absolute Gasteiger partial charge is 0.294 e. The molecular weight excluding hydrogens is 342 g/mol. The fourth-order valence-electron chi connectivity index (χ4n) is 2.46. The number of hydrogen-bond acceptors (Lipinski definition) is 5. The summed E-state index contributed by atoms with van der Waals surface area (Å²) in [4.78, 5) is 21.0. The van der Waals surface area contributed by atoms with Crippen LogP contribution in [0.2, 0.25) is 0 Å². The predicted octanol–water partition coefficient (Wildman–Crippen LogP) is 4.77. The van der Waals surface area contributed by atoms with Crippen molar-refractivity contribution in [2.75, 3.05) is 5.75 Å². The van der Waals surface area contributed by atoms with Crippen molar-refractivity contribution in [3.63, 3.8) is 0 Å². The molecule has 26 heavy (non-hydrogen) atoms. The molecule has 3 rings (SSSR count). The summed E-state index contributed by atoms with van der Waals surface area (Å²) < 4.78 is 0. The molecular formula is C21H17N3OS. The minimum Gasteiger partial charge on any atom is -0.294 e. The molecule has 0 fully saturated rings. The number of Topliss-reactive ketones (excluding diaryl/α,β-unsaturated/α-hetero) is 1. The maximum Gasteiger partial charge on any atom is 0.162 e.